The molecule has 1 atom stereocenters. The number of amides is 1. The summed E-state index contributed by atoms with van der Waals surface area (Å²) in [5.74, 6) is -0.744. The number of methoxy groups -OCH3 is 1. The molecule has 7 heteroatoms. The zero-order chi connectivity index (χ0) is 16.1. The molecule has 1 aliphatic rings. The van der Waals surface area contributed by atoms with Gasteiger partial charge in [-0.2, -0.15) is 0 Å². The average Bonchev–Trinajstić information content (AvgIpc) is 2.52. The summed E-state index contributed by atoms with van der Waals surface area (Å²) in [7, 11) is 1.37. The molecule has 0 spiro atoms. The van der Waals surface area contributed by atoms with Crippen molar-refractivity contribution >= 4 is 24.1 Å². The van der Waals surface area contributed by atoms with Gasteiger partial charge in [0.05, 0.1) is 7.11 Å². The molecular formula is C16H22ClFN2O3. The minimum absolute atomic E-state index is 0. The number of carbonyl (C=O) groups is 2. The zero-order valence-electron chi connectivity index (χ0n) is 13.3. The highest BCUT2D eigenvalue weighted by atomic mass is 35.5. The number of nitrogens with zero attached hydrogens (tertiary/aromatic N) is 1. The van der Waals surface area contributed by atoms with Gasteiger partial charge in [-0.25, -0.2) is 4.39 Å². The predicted molar refractivity (Wildman–Crippen MR) is 87.8 cm³/mol. The van der Waals surface area contributed by atoms with E-state index in [1.54, 1.807) is 4.90 Å². The second-order valence-electron chi connectivity index (χ2n) is 5.47. The molecule has 1 amide bonds. The lowest BCUT2D eigenvalue weighted by molar-refractivity contribution is -0.132. The topological polar surface area (TPSA) is 58.6 Å². The summed E-state index contributed by atoms with van der Waals surface area (Å²) in [6, 6.07) is 4.35. The van der Waals surface area contributed by atoms with Gasteiger partial charge in [-0.3, -0.25) is 9.59 Å². The summed E-state index contributed by atoms with van der Waals surface area (Å²) in [5.41, 5.74) is 0.264. The van der Waals surface area contributed by atoms with E-state index in [0.717, 1.165) is 12.6 Å². The Labute approximate surface area is 141 Å². The Morgan fingerprint density at radius 1 is 1.39 bits per heavy atom. The van der Waals surface area contributed by atoms with Gasteiger partial charge in [-0.1, -0.05) is 0 Å². The smallest absolute Gasteiger partial charge is 0.223 e. The lowest BCUT2D eigenvalue weighted by Crippen LogP contribution is -2.51. The van der Waals surface area contributed by atoms with Crippen molar-refractivity contribution in [3.63, 3.8) is 0 Å². The SMILES string of the molecule is COc1ccc(C(=O)CCC(=O)N2CCN[C@H](C)C2)cc1F.Cl. The molecular weight excluding hydrogens is 323 g/mol. The Hall–Kier alpha value is -1.66. The van der Waals surface area contributed by atoms with Crippen molar-refractivity contribution < 1.29 is 18.7 Å². The number of hydrogen-bond acceptors (Lipinski definition) is 4. The van der Waals surface area contributed by atoms with E-state index in [0.29, 0.717) is 13.1 Å². The van der Waals surface area contributed by atoms with Crippen LogP contribution in [0.4, 0.5) is 4.39 Å². The maximum atomic E-state index is 13.6. The van der Waals surface area contributed by atoms with Gasteiger partial charge in [0.1, 0.15) is 0 Å². The lowest BCUT2D eigenvalue weighted by atomic mass is 10.1. The molecule has 1 fully saturated rings. The quantitative estimate of drug-likeness (QED) is 0.830. The number of nitrogens with one attached hydrogen (secondary N) is 1. The normalized spacial score (nSPS) is 17.3. The molecule has 1 saturated heterocycles. The standard InChI is InChI=1S/C16H21FN2O3.ClH/c1-11-10-19(8-7-18-11)16(21)6-4-14(20)12-3-5-15(22-2)13(17)9-12;/h3,5,9,11,18H,4,6-8,10H2,1-2H3;1H/t11-;/m1./s1. The number of hydrogen-bond donors (Lipinski definition) is 1. The molecule has 0 aromatic heterocycles. The summed E-state index contributed by atoms with van der Waals surface area (Å²) in [6.45, 7) is 4.11. The van der Waals surface area contributed by atoms with E-state index >= 15 is 0 Å². The highest BCUT2D eigenvalue weighted by molar-refractivity contribution is 5.98. The molecule has 23 heavy (non-hydrogen) atoms. The van der Waals surface area contributed by atoms with Crippen LogP contribution in [0, 0.1) is 5.82 Å². The molecule has 1 N–H and O–H groups in total. The minimum Gasteiger partial charge on any atom is -0.494 e. The fraction of sp³-hybridized carbons (Fsp3) is 0.500. The Bertz CT molecular complexity index is 568. The van der Waals surface area contributed by atoms with Gasteiger partial charge in [0.25, 0.3) is 0 Å². The van der Waals surface area contributed by atoms with Crippen LogP contribution in [0.25, 0.3) is 0 Å². The highest BCUT2D eigenvalue weighted by Gasteiger charge is 2.21. The zero-order valence-corrected chi connectivity index (χ0v) is 14.1. The molecule has 0 aliphatic carbocycles. The van der Waals surface area contributed by atoms with Crippen LogP contribution >= 0.6 is 12.4 Å². The second-order valence-corrected chi connectivity index (χ2v) is 5.47. The number of Topliss-reactive ketones (excluding diaryl/α,β-unsaturated/α-hetero) is 1. The maximum Gasteiger partial charge on any atom is 0.223 e. The number of carbonyl (C=O) groups excluding carboxylic acids is 2. The van der Waals surface area contributed by atoms with Crippen LogP contribution in [0.2, 0.25) is 0 Å². The van der Waals surface area contributed by atoms with Gasteiger partial charge >= 0.3 is 0 Å². The molecule has 0 saturated carbocycles. The summed E-state index contributed by atoms with van der Waals surface area (Å²) in [4.78, 5) is 25.9. The van der Waals surface area contributed by atoms with E-state index in [1.165, 1.54) is 19.2 Å². The van der Waals surface area contributed by atoms with E-state index < -0.39 is 5.82 Å². The Morgan fingerprint density at radius 3 is 2.74 bits per heavy atom. The Balaban J connectivity index is 0.00000264. The van der Waals surface area contributed by atoms with Crippen molar-refractivity contribution in [1.29, 1.82) is 0 Å². The molecule has 1 aromatic rings. The molecule has 128 valence electrons. The number of ketones is 1. The van der Waals surface area contributed by atoms with Gasteiger partial charge in [0, 0.05) is 44.1 Å². The lowest BCUT2D eigenvalue weighted by Gasteiger charge is -2.31. The molecule has 2 rings (SSSR count). The van der Waals surface area contributed by atoms with Crippen molar-refractivity contribution in [2.24, 2.45) is 0 Å². The van der Waals surface area contributed by atoms with E-state index in [1.807, 2.05) is 6.92 Å². The van der Waals surface area contributed by atoms with Crippen LogP contribution in [-0.4, -0.2) is 49.4 Å². The van der Waals surface area contributed by atoms with Crippen molar-refractivity contribution in [2.75, 3.05) is 26.7 Å². The van der Waals surface area contributed by atoms with Crippen LogP contribution in [0.15, 0.2) is 18.2 Å². The first-order chi connectivity index (χ1) is 10.5. The molecule has 0 unspecified atom stereocenters. The van der Waals surface area contributed by atoms with Gasteiger partial charge in [-0.15, -0.1) is 12.4 Å². The van der Waals surface area contributed by atoms with Gasteiger partial charge in [0.15, 0.2) is 17.3 Å². The van der Waals surface area contributed by atoms with Crippen molar-refractivity contribution in [3.8, 4) is 5.75 Å². The van der Waals surface area contributed by atoms with Crippen LogP contribution in [0.3, 0.4) is 0 Å². The Kier molecular flexibility index (Phi) is 7.45. The van der Waals surface area contributed by atoms with Crippen LogP contribution < -0.4 is 10.1 Å². The second kappa shape index (κ2) is 8.84. The number of rotatable bonds is 5. The molecule has 0 radical (unpaired) electrons. The third-order valence-electron chi connectivity index (χ3n) is 3.76. The average molecular weight is 345 g/mol. The Morgan fingerprint density at radius 2 is 2.13 bits per heavy atom. The van der Waals surface area contributed by atoms with Gasteiger partial charge in [0.2, 0.25) is 5.91 Å². The molecule has 5 nitrogen and oxygen atoms in total. The summed E-state index contributed by atoms with van der Waals surface area (Å²) < 4.78 is 18.4. The number of benzene rings is 1. The van der Waals surface area contributed by atoms with Crippen molar-refractivity contribution in [1.82, 2.24) is 10.2 Å². The maximum absolute atomic E-state index is 13.6. The minimum atomic E-state index is -0.574. The van der Waals surface area contributed by atoms with Crippen molar-refractivity contribution in [2.45, 2.75) is 25.8 Å². The fourth-order valence-electron chi connectivity index (χ4n) is 2.52. The van der Waals surface area contributed by atoms with Gasteiger partial charge in [-0.05, 0) is 25.1 Å². The van der Waals surface area contributed by atoms with E-state index in [9.17, 15) is 14.0 Å². The van der Waals surface area contributed by atoms with E-state index in [4.69, 9.17) is 4.74 Å². The van der Waals surface area contributed by atoms with Gasteiger partial charge < -0.3 is 15.0 Å². The predicted octanol–water partition coefficient (Wildman–Crippen LogP) is 2.04. The third kappa shape index (κ3) is 5.18. The molecule has 1 aromatic carbocycles. The summed E-state index contributed by atoms with van der Waals surface area (Å²) in [5, 5.41) is 3.26. The summed E-state index contributed by atoms with van der Waals surface area (Å²) >= 11 is 0. The first-order valence-electron chi connectivity index (χ1n) is 7.39. The monoisotopic (exact) mass is 344 g/mol. The first kappa shape index (κ1) is 19.4. The highest BCUT2D eigenvalue weighted by Crippen LogP contribution is 2.19. The fourth-order valence-corrected chi connectivity index (χ4v) is 2.52. The first-order valence-corrected chi connectivity index (χ1v) is 7.39. The molecule has 0 bridgehead atoms. The number of ether oxygens (including phenoxy) is 1. The van der Waals surface area contributed by atoms with Crippen LogP contribution in [0.1, 0.15) is 30.1 Å². The van der Waals surface area contributed by atoms with E-state index in [-0.39, 0.29) is 54.3 Å². The largest absolute Gasteiger partial charge is 0.494 e. The third-order valence-corrected chi connectivity index (χ3v) is 3.76. The molecule has 1 heterocycles. The van der Waals surface area contributed by atoms with Crippen LogP contribution in [0.5, 0.6) is 5.75 Å². The van der Waals surface area contributed by atoms with E-state index in [2.05, 4.69) is 5.32 Å². The van der Waals surface area contributed by atoms with Crippen LogP contribution in [-0.2, 0) is 4.79 Å². The van der Waals surface area contributed by atoms with Crippen molar-refractivity contribution in [3.05, 3.63) is 29.6 Å². The molecule has 1 aliphatic heterocycles. The summed E-state index contributed by atoms with van der Waals surface area (Å²) in [6.07, 6.45) is 0.238. The number of piperazine rings is 1. The number of halogens is 2.